The van der Waals surface area contributed by atoms with E-state index in [9.17, 15) is 9.59 Å². The molecule has 1 aromatic carbocycles. The molecular weight excluding hydrogens is 308 g/mol. The number of ether oxygens (including phenoxy) is 1. The Hall–Kier alpha value is -2.89. The van der Waals surface area contributed by atoms with Crippen molar-refractivity contribution >= 4 is 11.9 Å². The number of carboxylic acid groups (broad SMARTS) is 1. The van der Waals surface area contributed by atoms with E-state index < -0.39 is 17.9 Å². The molecule has 0 saturated heterocycles. The van der Waals surface area contributed by atoms with E-state index in [1.54, 1.807) is 19.1 Å². The third-order valence-corrected chi connectivity index (χ3v) is 3.69. The van der Waals surface area contributed by atoms with Crippen LogP contribution in [0.1, 0.15) is 39.6 Å². The van der Waals surface area contributed by atoms with Gasteiger partial charge in [0.1, 0.15) is 5.56 Å². The maximum atomic E-state index is 12.6. The van der Waals surface area contributed by atoms with E-state index in [4.69, 9.17) is 9.84 Å². The van der Waals surface area contributed by atoms with E-state index in [1.165, 1.54) is 7.11 Å². The number of carbonyl (C=O) groups excluding carboxylic acids is 1. The third kappa shape index (κ3) is 4.10. The van der Waals surface area contributed by atoms with Crippen LogP contribution in [-0.4, -0.2) is 29.1 Å². The first-order chi connectivity index (χ1) is 11.4. The molecule has 2 N–H and O–H groups in total. The highest BCUT2D eigenvalue weighted by Gasteiger charge is 2.22. The quantitative estimate of drug-likeness (QED) is 0.851. The summed E-state index contributed by atoms with van der Waals surface area (Å²) in [7, 11) is 1.44. The summed E-state index contributed by atoms with van der Waals surface area (Å²) in [4.78, 5) is 28.0. The molecule has 2 aromatic rings. The summed E-state index contributed by atoms with van der Waals surface area (Å²) in [5.74, 6) is -1.20. The number of carboxylic acids is 1. The highest BCUT2D eigenvalue weighted by atomic mass is 16.5. The van der Waals surface area contributed by atoms with Crippen molar-refractivity contribution in [1.29, 1.82) is 0 Å². The molecule has 0 aliphatic rings. The number of aryl methyl sites for hydroxylation is 2. The summed E-state index contributed by atoms with van der Waals surface area (Å²) in [6.45, 7) is 3.68. The number of aliphatic carboxylic acids is 1. The summed E-state index contributed by atoms with van der Waals surface area (Å²) < 4.78 is 5.15. The molecule has 6 nitrogen and oxygen atoms in total. The molecule has 24 heavy (non-hydrogen) atoms. The van der Waals surface area contributed by atoms with Gasteiger partial charge >= 0.3 is 5.97 Å². The molecule has 0 bridgehead atoms. The number of amides is 1. The fourth-order valence-electron chi connectivity index (χ4n) is 2.49. The predicted octanol–water partition coefficient (Wildman–Crippen LogP) is 2.65. The molecule has 0 spiro atoms. The largest absolute Gasteiger partial charge is 0.481 e. The molecule has 0 fully saturated rings. The lowest BCUT2D eigenvalue weighted by Crippen LogP contribution is -2.31. The van der Waals surface area contributed by atoms with Crippen molar-refractivity contribution < 1.29 is 19.4 Å². The zero-order valence-electron chi connectivity index (χ0n) is 13.9. The summed E-state index contributed by atoms with van der Waals surface area (Å²) >= 11 is 0. The average molecular weight is 328 g/mol. The zero-order chi connectivity index (χ0) is 17.7. The summed E-state index contributed by atoms with van der Waals surface area (Å²) in [6.07, 6.45) is -0.210. The third-order valence-electron chi connectivity index (χ3n) is 3.69. The Morgan fingerprint density at radius 1 is 1.21 bits per heavy atom. The number of aromatic nitrogens is 1. The molecule has 0 aliphatic carbocycles. The first kappa shape index (κ1) is 17.5. The smallest absolute Gasteiger partial charge is 0.305 e. The van der Waals surface area contributed by atoms with Crippen LogP contribution in [0.5, 0.6) is 5.88 Å². The van der Waals surface area contributed by atoms with Crippen molar-refractivity contribution in [3.05, 3.63) is 58.8 Å². The second kappa shape index (κ2) is 7.59. The minimum absolute atomic E-state index is 0.210. The fourth-order valence-corrected chi connectivity index (χ4v) is 2.49. The summed E-state index contributed by atoms with van der Waals surface area (Å²) in [5, 5.41) is 11.9. The van der Waals surface area contributed by atoms with E-state index in [2.05, 4.69) is 10.3 Å². The Balaban J connectivity index is 2.31. The lowest BCUT2D eigenvalue weighted by molar-refractivity contribution is -0.137. The van der Waals surface area contributed by atoms with Gasteiger partial charge in [0.05, 0.1) is 19.6 Å². The molecule has 1 atom stereocenters. The van der Waals surface area contributed by atoms with Gasteiger partial charge in [-0.1, -0.05) is 24.3 Å². The van der Waals surface area contributed by atoms with Gasteiger partial charge in [0, 0.05) is 5.69 Å². The zero-order valence-corrected chi connectivity index (χ0v) is 13.9. The van der Waals surface area contributed by atoms with Crippen molar-refractivity contribution in [3.63, 3.8) is 0 Å². The van der Waals surface area contributed by atoms with Crippen LogP contribution in [0.4, 0.5) is 0 Å². The average Bonchev–Trinajstić information content (AvgIpc) is 2.54. The van der Waals surface area contributed by atoms with Crippen LogP contribution >= 0.6 is 0 Å². The molecule has 0 aliphatic heterocycles. The van der Waals surface area contributed by atoms with Crippen LogP contribution in [0.3, 0.4) is 0 Å². The number of carbonyl (C=O) groups is 2. The Morgan fingerprint density at radius 2 is 1.92 bits per heavy atom. The maximum absolute atomic E-state index is 12.6. The van der Waals surface area contributed by atoms with Gasteiger partial charge in [0.15, 0.2) is 0 Å². The molecule has 1 heterocycles. The van der Waals surface area contributed by atoms with Gasteiger partial charge in [0.25, 0.3) is 5.91 Å². The Morgan fingerprint density at radius 3 is 2.54 bits per heavy atom. The number of nitrogens with one attached hydrogen (secondary N) is 1. The second-order valence-electron chi connectivity index (χ2n) is 5.49. The molecule has 1 amide bonds. The van der Waals surface area contributed by atoms with E-state index in [1.807, 2.05) is 31.2 Å². The highest BCUT2D eigenvalue weighted by molar-refractivity contribution is 5.96. The van der Waals surface area contributed by atoms with Crippen LogP contribution in [0, 0.1) is 13.8 Å². The van der Waals surface area contributed by atoms with E-state index >= 15 is 0 Å². The number of benzene rings is 1. The van der Waals surface area contributed by atoms with E-state index in [0.717, 1.165) is 16.8 Å². The number of nitrogens with zero attached hydrogens (tertiary/aromatic N) is 1. The van der Waals surface area contributed by atoms with E-state index in [0.29, 0.717) is 0 Å². The SMILES string of the molecule is COc1nc(C)ccc1C(=O)NC(CC(=O)O)c1ccccc1C. The van der Waals surface area contributed by atoms with Gasteiger partial charge in [-0.25, -0.2) is 4.98 Å². The Bertz CT molecular complexity index is 758. The van der Waals surface area contributed by atoms with Crippen molar-refractivity contribution in [1.82, 2.24) is 10.3 Å². The van der Waals surface area contributed by atoms with E-state index in [-0.39, 0.29) is 17.9 Å². The van der Waals surface area contributed by atoms with Gasteiger partial charge in [-0.2, -0.15) is 0 Å². The van der Waals surface area contributed by atoms with Gasteiger partial charge in [-0.05, 0) is 37.1 Å². The monoisotopic (exact) mass is 328 g/mol. The molecule has 2 rings (SSSR count). The molecule has 1 unspecified atom stereocenters. The predicted molar refractivity (Wildman–Crippen MR) is 89.2 cm³/mol. The number of hydrogen-bond acceptors (Lipinski definition) is 4. The van der Waals surface area contributed by atoms with Crippen LogP contribution in [-0.2, 0) is 4.79 Å². The van der Waals surface area contributed by atoms with Crippen LogP contribution in [0.25, 0.3) is 0 Å². The Kier molecular flexibility index (Phi) is 5.52. The lowest BCUT2D eigenvalue weighted by Gasteiger charge is -2.20. The Labute approximate surface area is 140 Å². The molecular formula is C18H20N2O4. The fraction of sp³-hybridized carbons (Fsp3) is 0.278. The maximum Gasteiger partial charge on any atom is 0.305 e. The molecule has 126 valence electrons. The van der Waals surface area contributed by atoms with Crippen LogP contribution in [0.15, 0.2) is 36.4 Å². The number of hydrogen-bond donors (Lipinski definition) is 2. The molecule has 0 saturated carbocycles. The van der Waals surface area contributed by atoms with Crippen LogP contribution < -0.4 is 10.1 Å². The van der Waals surface area contributed by atoms with Gasteiger partial charge in [-0.3, -0.25) is 9.59 Å². The summed E-state index contributed by atoms with van der Waals surface area (Å²) in [5.41, 5.74) is 2.68. The van der Waals surface area contributed by atoms with Crippen LogP contribution in [0.2, 0.25) is 0 Å². The molecule has 1 aromatic heterocycles. The minimum atomic E-state index is -0.988. The van der Waals surface area contributed by atoms with Gasteiger partial charge in [0.2, 0.25) is 5.88 Å². The first-order valence-corrected chi connectivity index (χ1v) is 7.52. The minimum Gasteiger partial charge on any atom is -0.481 e. The summed E-state index contributed by atoms with van der Waals surface area (Å²) in [6, 6.07) is 10.1. The molecule has 0 radical (unpaired) electrons. The topological polar surface area (TPSA) is 88.5 Å². The first-order valence-electron chi connectivity index (χ1n) is 7.52. The van der Waals surface area contributed by atoms with Crippen molar-refractivity contribution in [3.8, 4) is 5.88 Å². The van der Waals surface area contributed by atoms with Crippen molar-refractivity contribution in [2.24, 2.45) is 0 Å². The normalized spacial score (nSPS) is 11.6. The molecule has 6 heteroatoms. The van der Waals surface area contributed by atoms with Crippen molar-refractivity contribution in [2.75, 3.05) is 7.11 Å². The highest BCUT2D eigenvalue weighted by Crippen LogP contribution is 2.23. The number of rotatable bonds is 6. The van der Waals surface area contributed by atoms with Crippen molar-refractivity contribution in [2.45, 2.75) is 26.3 Å². The number of methoxy groups -OCH3 is 1. The standard InChI is InChI=1S/C18H20N2O4/c1-11-6-4-5-7-13(11)15(10-16(21)22)20-17(23)14-9-8-12(2)19-18(14)24-3/h4-9,15H,10H2,1-3H3,(H,20,23)(H,21,22). The lowest BCUT2D eigenvalue weighted by atomic mass is 9.98. The number of pyridine rings is 1. The second-order valence-corrected chi connectivity index (χ2v) is 5.49. The van der Waals surface area contributed by atoms with Gasteiger partial charge < -0.3 is 15.2 Å². The van der Waals surface area contributed by atoms with Gasteiger partial charge in [-0.15, -0.1) is 0 Å².